The van der Waals surface area contributed by atoms with E-state index in [0.29, 0.717) is 39.0 Å². The van der Waals surface area contributed by atoms with Crippen LogP contribution in [0.3, 0.4) is 0 Å². The first-order valence-corrected chi connectivity index (χ1v) is 20.8. The minimum atomic E-state index is -0.932. The number of nitriles is 4. The molecule has 10 rings (SSSR count). The molecule has 2 aromatic carbocycles. The second-order valence-electron chi connectivity index (χ2n) is 13.9. The summed E-state index contributed by atoms with van der Waals surface area (Å²) in [6.45, 7) is 0. The first-order chi connectivity index (χ1) is 26.4. The van der Waals surface area contributed by atoms with Crippen LogP contribution in [0.1, 0.15) is 86.1 Å². The number of hydrogen-bond acceptors (Lipinski definition) is 10. The van der Waals surface area contributed by atoms with Crippen molar-refractivity contribution in [3.63, 3.8) is 0 Å². The lowest BCUT2D eigenvalue weighted by Gasteiger charge is -2.35. The van der Waals surface area contributed by atoms with Crippen molar-refractivity contribution in [2.45, 2.75) is 43.6 Å². The van der Waals surface area contributed by atoms with Gasteiger partial charge in [0.15, 0.2) is 5.78 Å². The highest BCUT2D eigenvalue weighted by molar-refractivity contribution is 7.35. The minimum absolute atomic E-state index is 0.00488. The number of benzene rings is 2. The Balaban J connectivity index is 1.10. The smallest absolute Gasteiger partial charge is 0.194 e. The van der Waals surface area contributed by atoms with E-state index >= 15 is 0 Å². The van der Waals surface area contributed by atoms with Gasteiger partial charge in [0.25, 0.3) is 0 Å². The second-order valence-corrected chi connectivity index (χ2v) is 18.2. The number of carbonyl (C=O) groups is 1. The molecule has 1 N–H and O–H groups in total. The molecule has 0 saturated heterocycles. The molecule has 4 heterocycles. The predicted molar refractivity (Wildman–Crippen MR) is 217 cm³/mol. The summed E-state index contributed by atoms with van der Waals surface area (Å²) in [5.41, 5.74) is 7.05. The summed E-state index contributed by atoms with van der Waals surface area (Å²) in [6, 6.07) is 27.1. The average molecular weight is 769 g/mol. The van der Waals surface area contributed by atoms with Crippen molar-refractivity contribution >= 4 is 93.2 Å². The first kappa shape index (κ1) is 32.9. The second kappa shape index (κ2) is 12.2. The zero-order valence-corrected chi connectivity index (χ0v) is 31.6. The summed E-state index contributed by atoms with van der Waals surface area (Å²) in [6.07, 6.45) is 8.46. The Morgan fingerprint density at radius 1 is 0.685 bits per heavy atom. The van der Waals surface area contributed by atoms with E-state index in [9.17, 15) is 30.9 Å². The largest absolute Gasteiger partial charge is 0.384 e. The van der Waals surface area contributed by atoms with Crippen LogP contribution in [-0.2, 0) is 5.41 Å². The molecule has 54 heavy (non-hydrogen) atoms. The van der Waals surface area contributed by atoms with E-state index in [1.807, 2.05) is 77.3 Å². The maximum Gasteiger partial charge on any atom is 0.194 e. The molecule has 1 unspecified atom stereocenters. The number of fused-ring (bicyclic) bond motifs is 11. The highest BCUT2D eigenvalue weighted by Crippen LogP contribution is 2.66. The van der Waals surface area contributed by atoms with Gasteiger partial charge in [-0.2, -0.15) is 21.0 Å². The van der Waals surface area contributed by atoms with E-state index in [4.69, 9.17) is 0 Å². The number of aliphatic hydroxyl groups is 1. The van der Waals surface area contributed by atoms with E-state index in [-0.39, 0.29) is 22.3 Å². The fraction of sp³-hybridized carbons (Fsp3) is 0.159. The van der Waals surface area contributed by atoms with E-state index in [1.165, 1.54) is 46.1 Å². The van der Waals surface area contributed by atoms with Crippen LogP contribution in [0.4, 0.5) is 0 Å². The Morgan fingerprint density at radius 2 is 1.22 bits per heavy atom. The number of aliphatic hydroxyl groups excluding tert-OH is 1. The number of carbonyl (C=O) groups excluding carboxylic acids is 1. The monoisotopic (exact) mass is 768 g/mol. The van der Waals surface area contributed by atoms with Crippen LogP contribution in [0, 0.1) is 45.3 Å². The topological polar surface area (TPSA) is 132 Å². The normalized spacial score (nSPS) is 19.1. The van der Waals surface area contributed by atoms with Crippen LogP contribution in [-0.4, -0.2) is 10.9 Å². The molecule has 1 saturated carbocycles. The van der Waals surface area contributed by atoms with Gasteiger partial charge >= 0.3 is 0 Å². The molecule has 6 aromatic rings. The van der Waals surface area contributed by atoms with Crippen molar-refractivity contribution in [1.82, 2.24) is 0 Å². The first-order valence-electron chi connectivity index (χ1n) is 17.5. The highest BCUT2D eigenvalue weighted by atomic mass is 32.1. The number of thiophene rings is 4. The zero-order valence-electron chi connectivity index (χ0n) is 28.3. The minimum Gasteiger partial charge on any atom is -0.384 e. The molecule has 1 fully saturated rings. The molecule has 1 spiro atoms. The van der Waals surface area contributed by atoms with Crippen LogP contribution < -0.4 is 0 Å². The van der Waals surface area contributed by atoms with Crippen LogP contribution in [0.5, 0.6) is 0 Å². The number of nitrogens with zero attached hydrogens (tertiary/aromatic N) is 4. The van der Waals surface area contributed by atoms with Gasteiger partial charge in [-0.25, -0.2) is 0 Å². The molecule has 0 amide bonds. The Morgan fingerprint density at radius 3 is 1.83 bits per heavy atom. The van der Waals surface area contributed by atoms with Gasteiger partial charge < -0.3 is 5.11 Å². The van der Waals surface area contributed by atoms with Gasteiger partial charge in [-0.15, -0.1) is 45.3 Å². The lowest BCUT2D eigenvalue weighted by Crippen LogP contribution is -2.27. The van der Waals surface area contributed by atoms with Gasteiger partial charge in [-0.1, -0.05) is 67.8 Å². The van der Waals surface area contributed by atoms with Gasteiger partial charge in [-0.05, 0) is 59.4 Å². The van der Waals surface area contributed by atoms with Crippen molar-refractivity contribution in [3.05, 3.63) is 126 Å². The summed E-state index contributed by atoms with van der Waals surface area (Å²) < 4.78 is 4.90. The maximum absolute atomic E-state index is 13.7. The van der Waals surface area contributed by atoms with E-state index < -0.39 is 6.10 Å². The predicted octanol–water partition coefficient (Wildman–Crippen LogP) is 11.5. The van der Waals surface area contributed by atoms with E-state index in [0.717, 1.165) is 41.0 Å². The fourth-order valence-electron chi connectivity index (χ4n) is 9.06. The summed E-state index contributed by atoms with van der Waals surface area (Å²) in [7, 11) is 0. The molecular weight excluding hydrogens is 745 g/mol. The molecule has 256 valence electrons. The molecule has 4 aliphatic carbocycles. The van der Waals surface area contributed by atoms with Crippen LogP contribution in [0.15, 0.2) is 83.0 Å². The van der Waals surface area contributed by atoms with Gasteiger partial charge in [0.2, 0.25) is 0 Å². The molecule has 1 atom stereocenters. The third-order valence-electron chi connectivity index (χ3n) is 11.2. The number of allylic oxidation sites excluding steroid dienone is 4. The quantitative estimate of drug-likeness (QED) is 0.138. The van der Waals surface area contributed by atoms with Crippen molar-refractivity contribution in [2.75, 3.05) is 0 Å². The van der Waals surface area contributed by atoms with Gasteiger partial charge in [0.05, 0.1) is 19.2 Å². The molecule has 0 radical (unpaired) electrons. The van der Waals surface area contributed by atoms with Crippen LogP contribution >= 0.6 is 45.3 Å². The molecule has 4 aromatic heterocycles. The Kier molecular flexibility index (Phi) is 7.42. The zero-order chi connectivity index (χ0) is 36.9. The standard InChI is InChI=1S/C44H24N4O2S4/c45-18-22(19-46)34-26-8-2-4-10-28(26)38(49)30(34)14-24-16-32-40(51-24)36-42(53-32)43-37(44(36)12-6-1-7-13-44)41-33(54-43)17-25(52-41)15-31-35(23(20-47)21-48)27-9-3-5-11-29(27)39(31)50/h2-5,8-11,14-17,38,49H,1,6-7,12-13H2/b30-14-,31-15+. The lowest BCUT2D eigenvalue weighted by atomic mass is 9.68. The summed E-state index contributed by atoms with van der Waals surface area (Å²) in [5, 5.41) is 50.8. The average Bonchev–Trinajstić information content (AvgIpc) is 4.04. The van der Waals surface area contributed by atoms with Crippen molar-refractivity contribution < 1.29 is 9.90 Å². The van der Waals surface area contributed by atoms with E-state index in [1.54, 1.807) is 40.9 Å². The third-order valence-corrected chi connectivity index (χ3v) is 16.1. The van der Waals surface area contributed by atoms with Gasteiger partial charge in [0.1, 0.15) is 41.5 Å². The SMILES string of the molecule is N#CC(C#N)=C1/C(=C\c2cc3sc4c(c3s2)C2(CCCCC2)c2c-4sc3cc(/C=C4/C(=C(C#N)C#N)c5ccccc5C4O)sc23)C(=O)c2ccccc21. The Hall–Kier alpha value is -5.69. The van der Waals surface area contributed by atoms with Crippen molar-refractivity contribution in [1.29, 1.82) is 21.0 Å². The van der Waals surface area contributed by atoms with Crippen LogP contribution in [0.25, 0.3) is 51.9 Å². The maximum atomic E-state index is 13.7. The number of hydrogen-bond donors (Lipinski definition) is 1. The summed E-state index contributed by atoms with van der Waals surface area (Å²) >= 11 is 7.04. The molecule has 10 heteroatoms. The number of ketones is 1. The van der Waals surface area contributed by atoms with E-state index in [2.05, 4.69) is 24.3 Å². The molecule has 6 nitrogen and oxygen atoms in total. The van der Waals surface area contributed by atoms with Crippen molar-refractivity contribution in [2.24, 2.45) is 0 Å². The molecule has 4 aliphatic rings. The number of rotatable bonds is 2. The molecule has 0 bridgehead atoms. The molecule has 0 aliphatic heterocycles. The van der Waals surface area contributed by atoms with Gasteiger partial charge in [-0.3, -0.25) is 4.79 Å². The highest BCUT2D eigenvalue weighted by Gasteiger charge is 2.49. The third kappa shape index (κ3) is 4.44. The molecular formula is C44H24N4O2S4. The summed E-state index contributed by atoms with van der Waals surface area (Å²) in [5.74, 6) is -0.171. The Bertz CT molecular complexity index is 2980. The van der Waals surface area contributed by atoms with Crippen molar-refractivity contribution in [3.8, 4) is 34.0 Å². The van der Waals surface area contributed by atoms with Gasteiger partial charge in [0, 0.05) is 58.0 Å². The fourth-order valence-corrected chi connectivity index (χ4v) is 14.8. The Labute approximate surface area is 326 Å². The van der Waals surface area contributed by atoms with Crippen LogP contribution in [0.2, 0.25) is 0 Å². The lowest BCUT2D eigenvalue weighted by molar-refractivity contribution is 0.104. The number of Topliss-reactive ketones (excluding diaryl/α,β-unsaturated/α-hetero) is 1. The summed E-state index contributed by atoms with van der Waals surface area (Å²) in [4.78, 5) is 18.3.